The maximum atomic E-state index is 13.1. The second kappa shape index (κ2) is 5.71. The predicted molar refractivity (Wildman–Crippen MR) is 73.5 cm³/mol. The van der Waals surface area contributed by atoms with Crippen molar-refractivity contribution in [2.75, 3.05) is 5.73 Å². The van der Waals surface area contributed by atoms with Crippen molar-refractivity contribution in [3.63, 3.8) is 0 Å². The molecule has 6 heteroatoms. The van der Waals surface area contributed by atoms with E-state index in [1.54, 1.807) is 12.1 Å². The lowest BCUT2D eigenvalue weighted by Gasteiger charge is -2.04. The number of nitrogen functional groups attached to an aromatic ring is 1. The third kappa shape index (κ3) is 3.45. The number of thioether (sulfide) groups is 1. The molecular formula is C13H11FN2O2S. The molecule has 0 atom stereocenters. The van der Waals surface area contributed by atoms with Crippen molar-refractivity contribution in [2.24, 2.45) is 0 Å². The fraction of sp³-hybridized carbons (Fsp3) is 0.0769. The van der Waals surface area contributed by atoms with Gasteiger partial charge in [-0.05, 0) is 36.4 Å². The van der Waals surface area contributed by atoms with Gasteiger partial charge in [-0.3, -0.25) is 10.1 Å². The van der Waals surface area contributed by atoms with E-state index in [0.29, 0.717) is 17.0 Å². The van der Waals surface area contributed by atoms with Crippen LogP contribution in [0.5, 0.6) is 0 Å². The van der Waals surface area contributed by atoms with Crippen LogP contribution in [0.2, 0.25) is 0 Å². The normalized spacial score (nSPS) is 10.4. The van der Waals surface area contributed by atoms with Gasteiger partial charge in [-0.15, -0.1) is 11.8 Å². The van der Waals surface area contributed by atoms with Gasteiger partial charge in [0.05, 0.1) is 4.92 Å². The Hall–Kier alpha value is -2.08. The highest BCUT2D eigenvalue weighted by Gasteiger charge is 2.14. The van der Waals surface area contributed by atoms with Crippen LogP contribution in [-0.4, -0.2) is 4.92 Å². The highest BCUT2D eigenvalue weighted by Crippen LogP contribution is 2.28. The first-order valence-corrected chi connectivity index (χ1v) is 6.46. The number of nitro groups is 1. The van der Waals surface area contributed by atoms with Gasteiger partial charge in [-0.2, -0.15) is 0 Å². The number of nitro benzene ring substituents is 1. The summed E-state index contributed by atoms with van der Waals surface area (Å²) in [5.74, 6) is -0.142. The quantitative estimate of drug-likeness (QED) is 0.401. The van der Waals surface area contributed by atoms with E-state index in [1.165, 1.54) is 23.9 Å². The van der Waals surface area contributed by atoms with Crippen molar-refractivity contribution in [3.8, 4) is 0 Å². The average molecular weight is 278 g/mol. The molecule has 2 rings (SSSR count). The van der Waals surface area contributed by atoms with E-state index in [0.717, 1.165) is 11.0 Å². The van der Waals surface area contributed by atoms with Crippen LogP contribution in [0, 0.1) is 15.9 Å². The number of hydrogen-bond acceptors (Lipinski definition) is 4. The first kappa shape index (κ1) is 13.4. The first-order valence-electron chi connectivity index (χ1n) is 5.47. The molecule has 0 aliphatic rings. The second-order valence-electron chi connectivity index (χ2n) is 3.89. The van der Waals surface area contributed by atoms with Gasteiger partial charge < -0.3 is 5.73 Å². The van der Waals surface area contributed by atoms with Crippen LogP contribution < -0.4 is 5.73 Å². The molecule has 0 saturated heterocycles. The monoisotopic (exact) mass is 278 g/mol. The standard InChI is InChI=1S/C13H11FN2O2S/c14-10-1-6-13(16(17)18)9(7-10)8-19-12-4-2-11(15)3-5-12/h1-7H,8,15H2. The molecule has 2 aromatic carbocycles. The van der Waals surface area contributed by atoms with Gasteiger partial charge in [0.15, 0.2) is 0 Å². The van der Waals surface area contributed by atoms with E-state index in [9.17, 15) is 14.5 Å². The van der Waals surface area contributed by atoms with Crippen LogP contribution in [0.3, 0.4) is 0 Å². The molecule has 0 bridgehead atoms. The maximum absolute atomic E-state index is 13.1. The molecule has 0 aliphatic heterocycles. The van der Waals surface area contributed by atoms with E-state index >= 15 is 0 Å². The number of anilines is 1. The second-order valence-corrected chi connectivity index (χ2v) is 4.94. The molecule has 0 fully saturated rings. The zero-order valence-corrected chi connectivity index (χ0v) is 10.7. The van der Waals surface area contributed by atoms with Crippen LogP contribution in [0.1, 0.15) is 5.56 Å². The average Bonchev–Trinajstić information content (AvgIpc) is 2.38. The Morgan fingerprint density at radius 1 is 1.21 bits per heavy atom. The fourth-order valence-electron chi connectivity index (χ4n) is 1.57. The van der Waals surface area contributed by atoms with Crippen molar-refractivity contribution >= 4 is 23.1 Å². The van der Waals surface area contributed by atoms with Gasteiger partial charge in [0.25, 0.3) is 5.69 Å². The van der Waals surface area contributed by atoms with Gasteiger partial charge in [0, 0.05) is 28.0 Å². The van der Waals surface area contributed by atoms with Crippen LogP contribution in [0.25, 0.3) is 0 Å². The smallest absolute Gasteiger partial charge is 0.273 e. The topological polar surface area (TPSA) is 69.2 Å². The molecule has 0 spiro atoms. The van der Waals surface area contributed by atoms with Crippen LogP contribution in [0.4, 0.5) is 15.8 Å². The minimum absolute atomic E-state index is 0.0654. The minimum atomic E-state index is -0.502. The van der Waals surface area contributed by atoms with E-state index in [4.69, 9.17) is 5.73 Å². The summed E-state index contributed by atoms with van der Waals surface area (Å²) in [5.41, 5.74) is 6.53. The number of nitrogens with two attached hydrogens (primary N) is 1. The summed E-state index contributed by atoms with van der Waals surface area (Å²) in [5, 5.41) is 10.8. The van der Waals surface area contributed by atoms with Crippen LogP contribution >= 0.6 is 11.8 Å². The summed E-state index contributed by atoms with van der Waals surface area (Å²) < 4.78 is 13.1. The molecule has 0 radical (unpaired) electrons. The zero-order valence-electron chi connectivity index (χ0n) is 9.88. The molecule has 2 aromatic rings. The molecule has 0 unspecified atom stereocenters. The van der Waals surface area contributed by atoms with E-state index in [1.807, 2.05) is 12.1 Å². The molecule has 0 saturated carbocycles. The van der Waals surface area contributed by atoms with Crippen molar-refractivity contribution < 1.29 is 9.31 Å². The number of hydrogen-bond donors (Lipinski definition) is 1. The number of rotatable bonds is 4. The Labute approximate surface area is 113 Å². The van der Waals surface area contributed by atoms with E-state index in [-0.39, 0.29) is 5.69 Å². The lowest BCUT2D eigenvalue weighted by molar-refractivity contribution is -0.385. The summed E-state index contributed by atoms with van der Waals surface area (Å²) in [6.07, 6.45) is 0. The van der Waals surface area contributed by atoms with Crippen molar-refractivity contribution in [1.29, 1.82) is 0 Å². The molecule has 0 amide bonds. The molecule has 0 aromatic heterocycles. The third-order valence-electron chi connectivity index (χ3n) is 2.51. The third-order valence-corrected chi connectivity index (χ3v) is 3.57. The maximum Gasteiger partial charge on any atom is 0.273 e. The van der Waals surface area contributed by atoms with Crippen molar-refractivity contribution in [3.05, 3.63) is 64.0 Å². The van der Waals surface area contributed by atoms with Gasteiger partial charge in [-0.25, -0.2) is 4.39 Å². The molecule has 4 nitrogen and oxygen atoms in total. The van der Waals surface area contributed by atoms with Crippen LogP contribution in [-0.2, 0) is 5.75 Å². The Kier molecular flexibility index (Phi) is 4.01. The van der Waals surface area contributed by atoms with Crippen molar-refractivity contribution in [1.82, 2.24) is 0 Å². The number of nitrogens with zero attached hydrogens (tertiary/aromatic N) is 1. The van der Waals surface area contributed by atoms with Gasteiger partial charge in [-0.1, -0.05) is 0 Å². The van der Waals surface area contributed by atoms with Gasteiger partial charge in [0.2, 0.25) is 0 Å². The van der Waals surface area contributed by atoms with E-state index in [2.05, 4.69) is 0 Å². The molecule has 0 heterocycles. The minimum Gasteiger partial charge on any atom is -0.399 e. The van der Waals surface area contributed by atoms with Gasteiger partial charge in [0.1, 0.15) is 5.82 Å². The highest BCUT2D eigenvalue weighted by molar-refractivity contribution is 7.98. The summed E-state index contributed by atoms with van der Waals surface area (Å²) in [4.78, 5) is 11.3. The van der Waals surface area contributed by atoms with Crippen molar-refractivity contribution in [2.45, 2.75) is 10.6 Å². The summed E-state index contributed by atoms with van der Waals surface area (Å²) >= 11 is 1.40. The molecular weight excluding hydrogens is 267 g/mol. The van der Waals surface area contributed by atoms with E-state index < -0.39 is 10.7 Å². The Balaban J connectivity index is 2.16. The summed E-state index contributed by atoms with van der Waals surface area (Å²) in [7, 11) is 0. The Morgan fingerprint density at radius 3 is 2.53 bits per heavy atom. The highest BCUT2D eigenvalue weighted by atomic mass is 32.2. The van der Waals surface area contributed by atoms with Gasteiger partial charge >= 0.3 is 0 Å². The molecule has 19 heavy (non-hydrogen) atoms. The molecule has 2 N–H and O–H groups in total. The lowest BCUT2D eigenvalue weighted by Crippen LogP contribution is -1.95. The molecule has 0 aliphatic carbocycles. The summed E-state index contributed by atoms with van der Waals surface area (Å²) in [6.45, 7) is 0. The Morgan fingerprint density at radius 2 is 1.89 bits per heavy atom. The zero-order chi connectivity index (χ0) is 13.8. The number of benzene rings is 2. The molecule has 98 valence electrons. The first-order chi connectivity index (χ1) is 9.06. The SMILES string of the molecule is Nc1ccc(SCc2cc(F)ccc2[N+](=O)[O-])cc1. The predicted octanol–water partition coefficient (Wildman–Crippen LogP) is 3.61. The van der Waals surface area contributed by atoms with Crippen LogP contribution in [0.15, 0.2) is 47.4 Å². The summed E-state index contributed by atoms with van der Waals surface area (Å²) in [6, 6.07) is 10.6. The largest absolute Gasteiger partial charge is 0.399 e. The number of halogens is 1. The Bertz CT molecular complexity index is 602. The fourth-order valence-corrected chi connectivity index (χ4v) is 2.45. The lowest BCUT2D eigenvalue weighted by atomic mass is 10.2.